The molecule has 1 aliphatic rings. The average Bonchev–Trinajstić information content (AvgIpc) is 2.62. The van der Waals surface area contributed by atoms with E-state index >= 15 is 0 Å². The van der Waals surface area contributed by atoms with Crippen LogP contribution in [0, 0.1) is 11.6 Å². The number of hydrogen-bond acceptors (Lipinski definition) is 3. The maximum absolute atomic E-state index is 14.3. The van der Waals surface area contributed by atoms with Crippen LogP contribution < -0.4 is 4.74 Å². The lowest BCUT2D eigenvalue weighted by atomic mass is 10.0. The molecule has 7 heteroatoms. The maximum Gasteiger partial charge on any atom is 0.191 e. The normalized spacial score (nSPS) is 15.1. The minimum absolute atomic E-state index is 0.0457. The first-order valence-corrected chi connectivity index (χ1v) is 8.90. The van der Waals surface area contributed by atoms with E-state index in [1.165, 1.54) is 0 Å². The van der Waals surface area contributed by atoms with Crippen LogP contribution in [0.2, 0.25) is 10.0 Å². The fourth-order valence-corrected chi connectivity index (χ4v) is 3.05. The number of benzene rings is 2. The van der Waals surface area contributed by atoms with Gasteiger partial charge in [0.25, 0.3) is 0 Å². The summed E-state index contributed by atoms with van der Waals surface area (Å²) in [6.07, 6.45) is 0.787. The van der Waals surface area contributed by atoms with Crippen LogP contribution in [-0.2, 0) is 11.2 Å². The van der Waals surface area contributed by atoms with Gasteiger partial charge in [-0.15, -0.1) is 0 Å². The van der Waals surface area contributed by atoms with Crippen molar-refractivity contribution in [1.82, 2.24) is 0 Å². The summed E-state index contributed by atoms with van der Waals surface area (Å²) >= 11 is 11.8. The molecule has 1 fully saturated rings. The lowest BCUT2D eigenvalue weighted by molar-refractivity contribution is 0.0223. The fourth-order valence-electron chi connectivity index (χ4n) is 2.73. The molecule has 0 saturated carbocycles. The lowest BCUT2D eigenvalue weighted by Gasteiger charge is -2.23. The zero-order chi connectivity index (χ0) is 18.7. The number of carbonyl (C=O) groups excluding carboxylic acids is 1. The number of ketones is 1. The maximum atomic E-state index is 14.3. The Bertz CT molecular complexity index is 797. The summed E-state index contributed by atoms with van der Waals surface area (Å²) in [5, 5.41) is 0.684. The monoisotopic (exact) mass is 400 g/mol. The minimum Gasteiger partial charge on any atom is -0.484 e. The largest absolute Gasteiger partial charge is 0.484 e. The Kier molecular flexibility index (Phi) is 6.12. The number of Topliss-reactive ketones (excluding diaryl/α,β-unsaturated/α-hetero) is 1. The molecule has 0 atom stereocenters. The molecule has 0 N–H and O–H groups in total. The van der Waals surface area contributed by atoms with Gasteiger partial charge >= 0.3 is 0 Å². The molecule has 3 rings (SSSR count). The minimum atomic E-state index is -0.894. The van der Waals surface area contributed by atoms with Crippen molar-refractivity contribution >= 4 is 29.0 Å². The van der Waals surface area contributed by atoms with E-state index in [0.29, 0.717) is 41.7 Å². The van der Waals surface area contributed by atoms with Gasteiger partial charge in [0.2, 0.25) is 0 Å². The summed E-state index contributed by atoms with van der Waals surface area (Å²) in [4.78, 5) is 12.3. The summed E-state index contributed by atoms with van der Waals surface area (Å²) in [6.45, 7) is 0.988. The molecule has 1 saturated heterocycles. The van der Waals surface area contributed by atoms with Gasteiger partial charge in [0.1, 0.15) is 6.10 Å². The van der Waals surface area contributed by atoms with E-state index in [-0.39, 0.29) is 18.1 Å². The summed E-state index contributed by atoms with van der Waals surface area (Å²) < 4.78 is 39.2. The van der Waals surface area contributed by atoms with Gasteiger partial charge in [0.05, 0.1) is 23.3 Å². The topological polar surface area (TPSA) is 35.5 Å². The molecule has 0 aliphatic carbocycles. The molecule has 26 heavy (non-hydrogen) atoms. The molecule has 1 aliphatic heterocycles. The molecular weight excluding hydrogens is 385 g/mol. The fraction of sp³-hybridized carbons (Fsp3) is 0.316. The van der Waals surface area contributed by atoms with Crippen molar-refractivity contribution in [2.24, 2.45) is 0 Å². The SMILES string of the molecule is O=C(Cc1ccc(Cl)c(Cl)c1)c1cc(F)c(OC2CCOCC2)c(F)c1. The Balaban J connectivity index is 1.75. The summed E-state index contributed by atoms with van der Waals surface area (Å²) in [6, 6.07) is 6.76. The average molecular weight is 401 g/mol. The quantitative estimate of drug-likeness (QED) is 0.642. The smallest absolute Gasteiger partial charge is 0.191 e. The van der Waals surface area contributed by atoms with Gasteiger partial charge in [-0.2, -0.15) is 0 Å². The second-order valence-electron chi connectivity index (χ2n) is 6.05. The third kappa shape index (κ3) is 4.53. The highest BCUT2D eigenvalue weighted by Crippen LogP contribution is 2.28. The number of halogens is 4. The zero-order valence-electron chi connectivity index (χ0n) is 13.7. The molecule has 0 amide bonds. The molecule has 2 aromatic carbocycles. The van der Waals surface area contributed by atoms with Crippen LogP contribution in [0.15, 0.2) is 30.3 Å². The first kappa shape index (κ1) is 19.1. The van der Waals surface area contributed by atoms with E-state index < -0.39 is 23.2 Å². The summed E-state index contributed by atoms with van der Waals surface area (Å²) in [5.74, 6) is -2.68. The van der Waals surface area contributed by atoms with Crippen molar-refractivity contribution < 1.29 is 23.0 Å². The van der Waals surface area contributed by atoms with Gasteiger partial charge in [-0.25, -0.2) is 8.78 Å². The highest BCUT2D eigenvalue weighted by Gasteiger charge is 2.22. The Morgan fingerprint density at radius 1 is 1.08 bits per heavy atom. The molecule has 0 bridgehead atoms. The number of carbonyl (C=O) groups is 1. The van der Waals surface area contributed by atoms with E-state index in [2.05, 4.69) is 0 Å². The standard InChI is InChI=1S/C19H16Cl2F2O3/c20-14-2-1-11(7-15(14)21)8-18(24)12-9-16(22)19(17(23)10-12)26-13-3-5-25-6-4-13/h1-2,7,9-10,13H,3-6,8H2. The molecule has 0 radical (unpaired) electrons. The molecule has 3 nitrogen and oxygen atoms in total. The molecule has 1 heterocycles. The van der Waals surface area contributed by atoms with E-state index in [1.807, 2.05) is 0 Å². The van der Waals surface area contributed by atoms with Crippen LogP contribution in [0.25, 0.3) is 0 Å². The molecule has 0 aromatic heterocycles. The Morgan fingerprint density at radius 2 is 1.73 bits per heavy atom. The number of ether oxygens (including phenoxy) is 2. The molecule has 0 unspecified atom stereocenters. The third-order valence-electron chi connectivity index (χ3n) is 4.12. The van der Waals surface area contributed by atoms with Gasteiger partial charge in [-0.3, -0.25) is 4.79 Å². The molecule has 2 aromatic rings. The van der Waals surface area contributed by atoms with Crippen molar-refractivity contribution in [3.05, 3.63) is 63.1 Å². The lowest BCUT2D eigenvalue weighted by Crippen LogP contribution is -2.26. The predicted molar refractivity (Wildman–Crippen MR) is 95.3 cm³/mol. The number of rotatable bonds is 5. The van der Waals surface area contributed by atoms with Gasteiger partial charge in [0.15, 0.2) is 23.2 Å². The van der Waals surface area contributed by atoms with Crippen LogP contribution in [0.4, 0.5) is 8.78 Å². The number of hydrogen-bond donors (Lipinski definition) is 0. The van der Waals surface area contributed by atoms with Gasteiger partial charge in [-0.05, 0) is 29.8 Å². The van der Waals surface area contributed by atoms with Crippen LogP contribution in [0.3, 0.4) is 0 Å². The zero-order valence-corrected chi connectivity index (χ0v) is 15.2. The van der Waals surface area contributed by atoms with Crippen LogP contribution >= 0.6 is 23.2 Å². The molecule has 0 spiro atoms. The van der Waals surface area contributed by atoms with Crippen molar-refractivity contribution in [2.45, 2.75) is 25.4 Å². The highest BCUT2D eigenvalue weighted by molar-refractivity contribution is 6.42. The van der Waals surface area contributed by atoms with Crippen molar-refractivity contribution in [3.63, 3.8) is 0 Å². The van der Waals surface area contributed by atoms with E-state index in [0.717, 1.165) is 12.1 Å². The van der Waals surface area contributed by atoms with Crippen molar-refractivity contribution in [3.8, 4) is 5.75 Å². The highest BCUT2D eigenvalue weighted by atomic mass is 35.5. The Hall–Kier alpha value is -1.69. The predicted octanol–water partition coefficient (Wildman–Crippen LogP) is 5.25. The van der Waals surface area contributed by atoms with Crippen LogP contribution in [0.5, 0.6) is 5.75 Å². The van der Waals surface area contributed by atoms with Crippen molar-refractivity contribution in [1.29, 1.82) is 0 Å². The first-order chi connectivity index (χ1) is 12.4. The second-order valence-corrected chi connectivity index (χ2v) is 6.86. The van der Waals surface area contributed by atoms with E-state index in [9.17, 15) is 13.6 Å². The molecule has 138 valence electrons. The summed E-state index contributed by atoms with van der Waals surface area (Å²) in [5.41, 5.74) is 0.540. The van der Waals surface area contributed by atoms with Crippen LogP contribution in [0.1, 0.15) is 28.8 Å². The Morgan fingerprint density at radius 3 is 2.35 bits per heavy atom. The third-order valence-corrected chi connectivity index (χ3v) is 4.86. The van der Waals surface area contributed by atoms with Gasteiger partial charge in [-0.1, -0.05) is 29.3 Å². The first-order valence-electron chi connectivity index (χ1n) is 8.14. The van der Waals surface area contributed by atoms with Gasteiger partial charge in [0, 0.05) is 24.8 Å². The molecular formula is C19H16Cl2F2O3. The second kappa shape index (κ2) is 8.33. The van der Waals surface area contributed by atoms with Crippen molar-refractivity contribution in [2.75, 3.05) is 13.2 Å². The summed E-state index contributed by atoms with van der Waals surface area (Å²) in [7, 11) is 0. The van der Waals surface area contributed by atoms with E-state index in [4.69, 9.17) is 32.7 Å². The van der Waals surface area contributed by atoms with Gasteiger partial charge < -0.3 is 9.47 Å². The van der Waals surface area contributed by atoms with E-state index in [1.54, 1.807) is 18.2 Å². The Labute approximate surface area is 159 Å². The van der Waals surface area contributed by atoms with Crippen LogP contribution in [-0.4, -0.2) is 25.1 Å².